The van der Waals surface area contributed by atoms with Gasteiger partial charge in [-0.3, -0.25) is 9.24 Å². The monoisotopic (exact) mass is 410 g/mol. The minimum atomic E-state index is 0. The standard InChI is InChI=1S/C6H11N3OP.U/c1-5-7-6(2)9(8-5)3-10-4-11;/h4H,3,11H2,1-2H3;/q-1;. The van der Waals surface area contributed by atoms with E-state index in [4.69, 9.17) is 4.74 Å². The molecule has 12 heavy (non-hydrogen) atoms. The molecule has 0 amide bonds. The largest absolute Gasteiger partial charge is 0.531 e. The zero-order valence-electron chi connectivity index (χ0n) is 7.11. The van der Waals surface area contributed by atoms with Crippen molar-refractivity contribution in [1.29, 1.82) is 0 Å². The molecule has 66 valence electrons. The van der Waals surface area contributed by atoms with E-state index in [1.807, 2.05) is 13.8 Å². The summed E-state index contributed by atoms with van der Waals surface area (Å²) in [5.41, 5.74) is 0. The van der Waals surface area contributed by atoms with Gasteiger partial charge in [0.2, 0.25) is 0 Å². The van der Waals surface area contributed by atoms with Crippen LogP contribution in [-0.4, -0.2) is 14.8 Å². The Labute approximate surface area is 98.0 Å². The van der Waals surface area contributed by atoms with Gasteiger partial charge in [0.1, 0.15) is 18.4 Å². The summed E-state index contributed by atoms with van der Waals surface area (Å²) in [5, 5.41) is 4.10. The van der Waals surface area contributed by atoms with Crippen molar-refractivity contribution in [2.45, 2.75) is 20.6 Å². The Morgan fingerprint density at radius 3 is 2.67 bits per heavy atom. The maximum atomic E-state index is 5.01. The third-order valence-electron chi connectivity index (χ3n) is 1.26. The van der Waals surface area contributed by atoms with Gasteiger partial charge in [0, 0.05) is 31.1 Å². The summed E-state index contributed by atoms with van der Waals surface area (Å²) in [7, 11) is 2.36. The molecule has 0 spiro atoms. The number of ether oxygens (including phenoxy) is 1. The van der Waals surface area contributed by atoms with Crippen molar-refractivity contribution in [2.24, 2.45) is 0 Å². The first kappa shape index (κ1) is 12.6. The molecule has 1 aromatic rings. The van der Waals surface area contributed by atoms with Crippen LogP contribution in [0.25, 0.3) is 0 Å². The van der Waals surface area contributed by atoms with E-state index in [-0.39, 0.29) is 31.1 Å². The summed E-state index contributed by atoms with van der Waals surface area (Å²) in [5.74, 6) is 1.64. The van der Waals surface area contributed by atoms with Crippen LogP contribution < -0.4 is 0 Å². The molecule has 0 bridgehead atoms. The van der Waals surface area contributed by atoms with Crippen molar-refractivity contribution in [3.8, 4) is 0 Å². The first-order chi connectivity index (χ1) is 5.24. The summed E-state index contributed by atoms with van der Waals surface area (Å²) < 4.78 is 6.72. The number of aromatic nitrogens is 3. The van der Waals surface area contributed by atoms with Gasteiger partial charge in [0.15, 0.2) is 0 Å². The van der Waals surface area contributed by atoms with E-state index < -0.39 is 0 Å². The molecule has 0 aliphatic carbocycles. The van der Waals surface area contributed by atoms with Crippen LogP contribution in [0.3, 0.4) is 0 Å². The van der Waals surface area contributed by atoms with Crippen LogP contribution in [0.5, 0.6) is 0 Å². The molecule has 1 rings (SSSR count). The second-order valence-electron chi connectivity index (χ2n) is 2.14. The van der Waals surface area contributed by atoms with E-state index >= 15 is 0 Å². The number of hydrogen-bond donors (Lipinski definition) is 0. The first-order valence-corrected chi connectivity index (χ1v) is 3.94. The third-order valence-corrected chi connectivity index (χ3v) is 1.45. The number of hydrogen-bond acceptors (Lipinski definition) is 3. The molecule has 0 saturated carbocycles. The number of nitrogens with zero attached hydrogens (tertiary/aromatic N) is 3. The summed E-state index contributed by atoms with van der Waals surface area (Å²) in [4.78, 5) is 4.12. The molecule has 4 nitrogen and oxygen atoms in total. The topological polar surface area (TPSA) is 39.9 Å². The second kappa shape index (κ2) is 6.10. The van der Waals surface area contributed by atoms with E-state index in [2.05, 4.69) is 19.3 Å². The van der Waals surface area contributed by atoms with Gasteiger partial charge in [-0.05, 0) is 13.8 Å². The van der Waals surface area contributed by atoms with Crippen molar-refractivity contribution >= 4 is 9.24 Å². The Bertz CT molecular complexity index is 241. The summed E-state index contributed by atoms with van der Waals surface area (Å²) in [6.07, 6.45) is 1.55. The molecule has 0 aliphatic heterocycles. The van der Waals surface area contributed by atoms with Gasteiger partial charge in [0.05, 0.1) is 0 Å². The molecule has 0 saturated heterocycles. The second-order valence-corrected chi connectivity index (χ2v) is 2.41. The van der Waals surface area contributed by atoms with E-state index in [1.165, 1.54) is 0 Å². The normalized spacial score (nSPS) is 9.58. The minimum absolute atomic E-state index is 0. The fraction of sp³-hybridized carbons (Fsp3) is 0.500. The predicted molar refractivity (Wildman–Crippen MR) is 44.6 cm³/mol. The van der Waals surface area contributed by atoms with Gasteiger partial charge in [-0.25, -0.2) is 9.67 Å². The van der Waals surface area contributed by atoms with E-state index in [0.717, 1.165) is 11.6 Å². The van der Waals surface area contributed by atoms with E-state index in [1.54, 1.807) is 11.0 Å². The molecule has 0 aromatic carbocycles. The molecule has 1 heterocycles. The molecule has 1 atom stereocenters. The van der Waals surface area contributed by atoms with Crippen molar-refractivity contribution < 1.29 is 35.9 Å². The Hall–Kier alpha value is 0.582. The average molecular weight is 410 g/mol. The first-order valence-electron chi connectivity index (χ1n) is 3.27. The molecule has 0 fully saturated rings. The van der Waals surface area contributed by atoms with Crippen LogP contribution in [0.2, 0.25) is 0 Å². The zero-order valence-corrected chi connectivity index (χ0v) is 12.4. The Morgan fingerprint density at radius 1 is 1.58 bits per heavy atom. The van der Waals surface area contributed by atoms with E-state index in [0.29, 0.717) is 6.73 Å². The maximum absolute atomic E-state index is 5.01. The van der Waals surface area contributed by atoms with Gasteiger partial charge in [-0.15, -0.1) is 0 Å². The van der Waals surface area contributed by atoms with Gasteiger partial charge in [0.25, 0.3) is 0 Å². The molecule has 0 aliphatic rings. The molecular formula is C6H11N3OPU-. The molecule has 6 heteroatoms. The smallest absolute Gasteiger partial charge is 0.147 e. The molecule has 1 unspecified atom stereocenters. The van der Waals surface area contributed by atoms with E-state index in [9.17, 15) is 0 Å². The van der Waals surface area contributed by atoms with Crippen molar-refractivity contribution in [1.82, 2.24) is 14.8 Å². The Morgan fingerprint density at radius 2 is 2.25 bits per heavy atom. The molecular weight excluding hydrogens is 399 g/mol. The predicted octanol–water partition coefficient (Wildman–Crippen LogP) is 0.863. The fourth-order valence-corrected chi connectivity index (χ4v) is 0.883. The minimum Gasteiger partial charge on any atom is -0.531 e. The Balaban J connectivity index is 0.00000121. The Kier molecular flexibility index (Phi) is 6.40. The van der Waals surface area contributed by atoms with Crippen molar-refractivity contribution in [3.63, 3.8) is 0 Å². The molecule has 0 radical (unpaired) electrons. The van der Waals surface area contributed by atoms with Crippen LogP contribution in [-0.2, 0) is 11.5 Å². The van der Waals surface area contributed by atoms with Gasteiger partial charge in [-0.1, -0.05) is 0 Å². The van der Waals surface area contributed by atoms with Crippen LogP contribution in [0, 0.1) is 51.3 Å². The number of rotatable bonds is 3. The van der Waals surface area contributed by atoms with Crippen molar-refractivity contribution in [3.05, 3.63) is 18.0 Å². The van der Waals surface area contributed by atoms with Gasteiger partial charge in [-0.2, -0.15) is 11.4 Å². The van der Waals surface area contributed by atoms with Gasteiger partial charge >= 0.3 is 0 Å². The number of aryl methyl sites for hydroxylation is 2. The van der Waals surface area contributed by atoms with Crippen molar-refractivity contribution in [2.75, 3.05) is 0 Å². The molecule has 0 N–H and O–H groups in total. The summed E-state index contributed by atoms with van der Waals surface area (Å²) >= 11 is 0. The van der Waals surface area contributed by atoms with Crippen LogP contribution in [0.15, 0.2) is 0 Å². The average Bonchev–Trinajstić information content (AvgIpc) is 2.26. The summed E-state index contributed by atoms with van der Waals surface area (Å²) in [6.45, 7) is 4.18. The van der Waals surface area contributed by atoms with Gasteiger partial charge < -0.3 is 4.74 Å². The van der Waals surface area contributed by atoms with Crippen LogP contribution >= 0.6 is 9.24 Å². The maximum Gasteiger partial charge on any atom is 0.147 e. The fourth-order valence-electron chi connectivity index (χ4n) is 0.797. The third kappa shape index (κ3) is 3.53. The molecule has 1 aromatic heterocycles. The summed E-state index contributed by atoms with van der Waals surface area (Å²) in [6, 6.07) is 0. The SMILES string of the molecule is Cc1nc(C)n(CO[CH-]P)n1.[U]. The zero-order chi connectivity index (χ0) is 8.27. The van der Waals surface area contributed by atoms with Crippen LogP contribution in [0.1, 0.15) is 11.6 Å². The quantitative estimate of drug-likeness (QED) is 0.549. The van der Waals surface area contributed by atoms with Crippen LogP contribution in [0.4, 0.5) is 0 Å².